The van der Waals surface area contributed by atoms with Crippen molar-refractivity contribution in [2.24, 2.45) is 11.7 Å². The summed E-state index contributed by atoms with van der Waals surface area (Å²) in [7, 11) is 0. The molecule has 2 unspecified atom stereocenters. The number of Topliss-reactive ketones (excluding diaryl/α,β-unsaturated/α-hetero) is 1. The van der Waals surface area contributed by atoms with Crippen molar-refractivity contribution in [1.29, 1.82) is 0 Å². The molecule has 2 aliphatic rings. The summed E-state index contributed by atoms with van der Waals surface area (Å²) in [4.78, 5) is 12.1. The van der Waals surface area contributed by atoms with Crippen LogP contribution in [0.5, 0.6) is 0 Å². The summed E-state index contributed by atoms with van der Waals surface area (Å²) in [6, 6.07) is 2.57. The summed E-state index contributed by atoms with van der Waals surface area (Å²) in [5, 5.41) is 4.56. The summed E-state index contributed by atoms with van der Waals surface area (Å²) in [5.41, 5.74) is 6.68. The normalized spacial score (nSPS) is 27.2. The molecule has 2 N–H and O–H groups in total. The molecule has 1 aromatic rings. The second-order valence-electron chi connectivity index (χ2n) is 5.76. The molecule has 0 aromatic carbocycles. The monoisotopic (exact) mass is 259 g/mol. The Balaban J connectivity index is 1.60. The topological polar surface area (TPSA) is 60.9 Å². The second kappa shape index (κ2) is 5.29. The van der Waals surface area contributed by atoms with Gasteiger partial charge in [-0.1, -0.05) is 25.0 Å². The van der Waals surface area contributed by atoms with Crippen molar-refractivity contribution >= 4 is 5.78 Å². The van der Waals surface area contributed by atoms with E-state index in [4.69, 9.17) is 5.73 Å². The van der Waals surface area contributed by atoms with Crippen LogP contribution < -0.4 is 5.73 Å². The maximum atomic E-state index is 12.1. The van der Waals surface area contributed by atoms with Crippen LogP contribution in [0, 0.1) is 5.92 Å². The molecular formula is C15H21N3O. The summed E-state index contributed by atoms with van der Waals surface area (Å²) in [5.74, 6) is 0.229. The third-order valence-electron chi connectivity index (χ3n) is 4.25. The Kier molecular flexibility index (Phi) is 3.51. The molecule has 0 aliphatic heterocycles. The number of nitrogens with two attached hydrogens (primary N) is 1. The van der Waals surface area contributed by atoms with Gasteiger partial charge in [0.05, 0.1) is 18.2 Å². The SMILES string of the molecule is NC1C=CC(C(=O)Cc2ccn(C3CCCC3)n2)C1. The van der Waals surface area contributed by atoms with E-state index in [2.05, 4.69) is 5.10 Å². The van der Waals surface area contributed by atoms with Crippen LogP contribution >= 0.6 is 0 Å². The Bertz CT molecular complexity index is 485. The van der Waals surface area contributed by atoms with Crippen molar-refractivity contribution in [2.45, 2.75) is 50.6 Å². The first-order valence-electron chi connectivity index (χ1n) is 7.23. The Morgan fingerprint density at radius 3 is 2.84 bits per heavy atom. The molecule has 2 atom stereocenters. The van der Waals surface area contributed by atoms with E-state index in [1.165, 1.54) is 25.7 Å². The predicted octanol–water partition coefficient (Wildman–Crippen LogP) is 2.01. The van der Waals surface area contributed by atoms with Crippen LogP contribution in [0.25, 0.3) is 0 Å². The van der Waals surface area contributed by atoms with Crippen molar-refractivity contribution in [1.82, 2.24) is 9.78 Å². The van der Waals surface area contributed by atoms with Crippen molar-refractivity contribution < 1.29 is 4.79 Å². The number of carbonyl (C=O) groups excluding carboxylic acids is 1. The Morgan fingerprint density at radius 1 is 1.37 bits per heavy atom. The van der Waals surface area contributed by atoms with Crippen LogP contribution in [0.3, 0.4) is 0 Å². The van der Waals surface area contributed by atoms with Gasteiger partial charge in [0, 0.05) is 18.2 Å². The fraction of sp³-hybridized carbons (Fsp3) is 0.600. The number of ketones is 1. The minimum absolute atomic E-state index is 0.00775. The van der Waals surface area contributed by atoms with Crippen LogP contribution in [0.2, 0.25) is 0 Å². The Morgan fingerprint density at radius 2 is 2.16 bits per heavy atom. The average Bonchev–Trinajstić information content (AvgIpc) is 3.07. The van der Waals surface area contributed by atoms with Gasteiger partial charge >= 0.3 is 0 Å². The van der Waals surface area contributed by atoms with Crippen molar-refractivity contribution in [3.8, 4) is 0 Å². The lowest BCUT2D eigenvalue weighted by Crippen LogP contribution is -2.20. The van der Waals surface area contributed by atoms with Gasteiger partial charge in [0.25, 0.3) is 0 Å². The maximum Gasteiger partial charge on any atom is 0.145 e. The highest BCUT2D eigenvalue weighted by atomic mass is 16.1. The van der Waals surface area contributed by atoms with Gasteiger partial charge in [-0.3, -0.25) is 9.48 Å². The zero-order valence-corrected chi connectivity index (χ0v) is 11.2. The van der Waals surface area contributed by atoms with Crippen LogP contribution in [-0.4, -0.2) is 21.6 Å². The van der Waals surface area contributed by atoms with Crippen molar-refractivity contribution in [3.05, 3.63) is 30.1 Å². The van der Waals surface area contributed by atoms with E-state index in [1.807, 2.05) is 29.1 Å². The largest absolute Gasteiger partial charge is 0.324 e. The van der Waals surface area contributed by atoms with Gasteiger partial charge in [-0.15, -0.1) is 0 Å². The van der Waals surface area contributed by atoms with E-state index in [0.717, 1.165) is 12.1 Å². The molecule has 0 saturated heterocycles. The summed E-state index contributed by atoms with van der Waals surface area (Å²) >= 11 is 0. The highest BCUT2D eigenvalue weighted by Gasteiger charge is 2.24. The first kappa shape index (κ1) is 12.6. The smallest absolute Gasteiger partial charge is 0.145 e. The second-order valence-corrected chi connectivity index (χ2v) is 5.76. The van der Waals surface area contributed by atoms with Crippen molar-refractivity contribution in [2.75, 3.05) is 0 Å². The minimum Gasteiger partial charge on any atom is -0.324 e. The van der Waals surface area contributed by atoms with Gasteiger partial charge in [0.2, 0.25) is 0 Å². The number of aromatic nitrogens is 2. The summed E-state index contributed by atoms with van der Waals surface area (Å²) in [6.07, 6.45) is 12.1. The molecular weight excluding hydrogens is 238 g/mol. The zero-order valence-electron chi connectivity index (χ0n) is 11.2. The third-order valence-corrected chi connectivity index (χ3v) is 4.25. The molecule has 1 saturated carbocycles. The number of hydrogen-bond donors (Lipinski definition) is 1. The molecule has 1 heterocycles. The molecule has 4 heteroatoms. The Labute approximate surface area is 113 Å². The Hall–Kier alpha value is -1.42. The van der Waals surface area contributed by atoms with Gasteiger partial charge in [0.1, 0.15) is 5.78 Å². The quantitative estimate of drug-likeness (QED) is 0.841. The van der Waals surface area contributed by atoms with E-state index in [9.17, 15) is 4.79 Å². The van der Waals surface area contributed by atoms with E-state index in [1.54, 1.807) is 0 Å². The fourth-order valence-electron chi connectivity index (χ4n) is 3.12. The van der Waals surface area contributed by atoms with Gasteiger partial charge in [-0.2, -0.15) is 5.10 Å². The molecule has 3 rings (SSSR count). The molecule has 1 fully saturated rings. The minimum atomic E-state index is -0.00775. The van der Waals surface area contributed by atoms with Gasteiger partial charge in [0.15, 0.2) is 0 Å². The van der Waals surface area contributed by atoms with Crippen LogP contribution in [0.4, 0.5) is 0 Å². The number of hydrogen-bond acceptors (Lipinski definition) is 3. The van der Waals surface area contributed by atoms with Crippen LogP contribution in [-0.2, 0) is 11.2 Å². The first-order chi connectivity index (χ1) is 9.22. The third kappa shape index (κ3) is 2.78. The van der Waals surface area contributed by atoms with Gasteiger partial charge in [-0.25, -0.2) is 0 Å². The fourth-order valence-corrected chi connectivity index (χ4v) is 3.12. The molecule has 102 valence electrons. The van der Waals surface area contributed by atoms with Gasteiger partial charge < -0.3 is 5.73 Å². The number of rotatable bonds is 4. The molecule has 4 nitrogen and oxygen atoms in total. The lowest BCUT2D eigenvalue weighted by molar-refractivity contribution is -0.120. The van der Waals surface area contributed by atoms with Crippen LogP contribution in [0.15, 0.2) is 24.4 Å². The molecule has 1 aromatic heterocycles. The molecule has 0 bridgehead atoms. The highest BCUT2D eigenvalue weighted by molar-refractivity contribution is 5.85. The average molecular weight is 259 g/mol. The summed E-state index contributed by atoms with van der Waals surface area (Å²) in [6.45, 7) is 0. The van der Waals surface area contributed by atoms with E-state index >= 15 is 0 Å². The molecule has 0 amide bonds. The molecule has 19 heavy (non-hydrogen) atoms. The molecule has 2 aliphatic carbocycles. The molecule has 0 spiro atoms. The zero-order chi connectivity index (χ0) is 13.2. The first-order valence-corrected chi connectivity index (χ1v) is 7.23. The standard InChI is InChI=1S/C15H21N3O/c16-12-6-5-11(9-12)15(19)10-13-7-8-18(17-13)14-3-1-2-4-14/h5-8,11-12,14H,1-4,9-10,16H2. The summed E-state index contributed by atoms with van der Waals surface area (Å²) < 4.78 is 2.05. The van der Waals surface area contributed by atoms with Crippen LogP contribution in [0.1, 0.15) is 43.8 Å². The number of carbonyl (C=O) groups is 1. The molecule has 0 radical (unpaired) electrons. The number of allylic oxidation sites excluding steroid dienone is 1. The predicted molar refractivity (Wildman–Crippen MR) is 73.7 cm³/mol. The highest BCUT2D eigenvalue weighted by Crippen LogP contribution is 2.28. The van der Waals surface area contributed by atoms with Gasteiger partial charge in [-0.05, 0) is 25.3 Å². The lowest BCUT2D eigenvalue weighted by Gasteiger charge is -2.09. The van der Waals surface area contributed by atoms with E-state index in [-0.39, 0.29) is 17.7 Å². The lowest BCUT2D eigenvalue weighted by atomic mass is 9.99. The van der Waals surface area contributed by atoms with Crippen molar-refractivity contribution in [3.63, 3.8) is 0 Å². The van der Waals surface area contributed by atoms with E-state index in [0.29, 0.717) is 12.5 Å². The number of nitrogens with zero attached hydrogens (tertiary/aromatic N) is 2. The maximum absolute atomic E-state index is 12.1. The van der Waals surface area contributed by atoms with E-state index < -0.39 is 0 Å².